The van der Waals surface area contributed by atoms with Crippen molar-refractivity contribution >= 4 is 34.2 Å². The molecule has 0 radical (unpaired) electrons. The fraction of sp³-hybridized carbons (Fsp3) is 0. The minimum absolute atomic E-state index is 0.183. The summed E-state index contributed by atoms with van der Waals surface area (Å²) in [6.45, 7) is 0. The molecule has 4 nitrogen and oxygen atoms in total. The van der Waals surface area contributed by atoms with E-state index in [1.807, 2.05) is 24.3 Å². The van der Waals surface area contributed by atoms with Crippen molar-refractivity contribution in [3.05, 3.63) is 59.4 Å². The normalized spacial score (nSPS) is 10.8. The largest absolute Gasteiger partial charge is 0.398 e. The van der Waals surface area contributed by atoms with Gasteiger partial charge in [-0.1, -0.05) is 23.7 Å². The minimum Gasteiger partial charge on any atom is -0.398 e. The highest BCUT2D eigenvalue weighted by molar-refractivity contribution is 6.33. The molecule has 0 amide bonds. The zero-order valence-electron chi connectivity index (χ0n) is 9.88. The summed E-state index contributed by atoms with van der Waals surface area (Å²) in [5.74, 6) is -0.183. The van der Waals surface area contributed by atoms with Crippen molar-refractivity contribution in [1.29, 1.82) is 0 Å². The monoisotopic (exact) mass is 271 g/mol. The van der Waals surface area contributed by atoms with Gasteiger partial charge in [-0.3, -0.25) is 9.36 Å². The first-order valence-corrected chi connectivity index (χ1v) is 6.06. The van der Waals surface area contributed by atoms with Crippen molar-refractivity contribution in [3.8, 4) is 0 Å². The number of halogens is 1. The first-order valence-electron chi connectivity index (χ1n) is 5.68. The number of anilines is 1. The molecule has 1 heterocycles. The number of rotatable bonds is 1. The molecule has 0 aliphatic rings. The maximum absolute atomic E-state index is 12.4. The van der Waals surface area contributed by atoms with Gasteiger partial charge in [-0.2, -0.15) is 0 Å². The maximum atomic E-state index is 12.4. The van der Waals surface area contributed by atoms with Crippen LogP contribution in [0.3, 0.4) is 0 Å². The van der Waals surface area contributed by atoms with Crippen LogP contribution in [0.1, 0.15) is 10.4 Å². The number of para-hydroxylation sites is 2. The Hall–Kier alpha value is -2.33. The van der Waals surface area contributed by atoms with Crippen LogP contribution in [0.2, 0.25) is 5.02 Å². The molecular weight excluding hydrogens is 262 g/mol. The van der Waals surface area contributed by atoms with Crippen LogP contribution >= 0.6 is 11.6 Å². The van der Waals surface area contributed by atoms with Crippen molar-refractivity contribution < 1.29 is 4.79 Å². The topological polar surface area (TPSA) is 60.9 Å². The average molecular weight is 272 g/mol. The molecule has 0 aliphatic carbocycles. The molecule has 0 unspecified atom stereocenters. The van der Waals surface area contributed by atoms with E-state index in [1.54, 1.807) is 18.2 Å². The molecular formula is C14H10ClN3O. The molecule has 2 aromatic carbocycles. The second-order valence-electron chi connectivity index (χ2n) is 4.14. The number of imidazole rings is 1. The second-order valence-corrected chi connectivity index (χ2v) is 4.55. The molecule has 0 bridgehead atoms. The summed E-state index contributed by atoms with van der Waals surface area (Å²) in [4.78, 5) is 16.6. The van der Waals surface area contributed by atoms with Crippen molar-refractivity contribution in [3.63, 3.8) is 0 Å². The zero-order chi connectivity index (χ0) is 13.4. The Kier molecular flexibility index (Phi) is 2.72. The van der Waals surface area contributed by atoms with Crippen LogP contribution in [0.15, 0.2) is 48.8 Å². The van der Waals surface area contributed by atoms with Gasteiger partial charge < -0.3 is 5.73 Å². The summed E-state index contributed by atoms with van der Waals surface area (Å²) >= 11 is 5.85. The fourth-order valence-corrected chi connectivity index (χ4v) is 2.05. The fourth-order valence-electron chi connectivity index (χ4n) is 1.94. The van der Waals surface area contributed by atoms with Gasteiger partial charge in [0, 0.05) is 5.56 Å². The number of carbonyl (C=O) groups is 1. The lowest BCUT2D eigenvalue weighted by Crippen LogP contribution is -2.11. The Balaban J connectivity index is 2.11. The SMILES string of the molecule is Nc1cc(C(=O)n2cnc3ccccc32)ccc1Cl. The van der Waals surface area contributed by atoms with Gasteiger partial charge in [0.1, 0.15) is 6.33 Å². The van der Waals surface area contributed by atoms with Crippen molar-refractivity contribution in [2.75, 3.05) is 5.73 Å². The predicted molar refractivity (Wildman–Crippen MR) is 75.3 cm³/mol. The molecule has 0 aliphatic heterocycles. The van der Waals surface area contributed by atoms with E-state index >= 15 is 0 Å². The number of nitrogen functional groups attached to an aromatic ring is 1. The molecule has 1 aromatic heterocycles. The minimum atomic E-state index is -0.183. The molecule has 3 rings (SSSR count). The number of fused-ring (bicyclic) bond motifs is 1. The molecule has 3 aromatic rings. The third kappa shape index (κ3) is 1.96. The highest BCUT2D eigenvalue weighted by atomic mass is 35.5. The van der Waals surface area contributed by atoms with Crippen LogP contribution in [0, 0.1) is 0 Å². The summed E-state index contributed by atoms with van der Waals surface area (Å²) in [5.41, 5.74) is 8.12. The zero-order valence-corrected chi connectivity index (χ0v) is 10.6. The Bertz CT molecular complexity index is 779. The van der Waals surface area contributed by atoms with Crippen LogP contribution in [-0.2, 0) is 0 Å². The number of benzene rings is 2. The lowest BCUT2D eigenvalue weighted by atomic mass is 10.2. The summed E-state index contributed by atoms with van der Waals surface area (Å²) in [7, 11) is 0. The molecule has 94 valence electrons. The van der Waals surface area contributed by atoms with Gasteiger partial charge in [0.05, 0.1) is 21.7 Å². The lowest BCUT2D eigenvalue weighted by Gasteiger charge is -2.05. The first-order chi connectivity index (χ1) is 9.16. The predicted octanol–water partition coefficient (Wildman–Crippen LogP) is 2.96. The van der Waals surface area contributed by atoms with Crippen LogP contribution in [0.5, 0.6) is 0 Å². The van der Waals surface area contributed by atoms with E-state index in [9.17, 15) is 4.79 Å². The van der Waals surface area contributed by atoms with Crippen molar-refractivity contribution in [2.24, 2.45) is 0 Å². The van der Waals surface area contributed by atoms with Crippen LogP contribution in [0.4, 0.5) is 5.69 Å². The summed E-state index contributed by atoms with van der Waals surface area (Å²) < 4.78 is 1.50. The van der Waals surface area contributed by atoms with E-state index in [4.69, 9.17) is 17.3 Å². The Morgan fingerprint density at radius 3 is 2.79 bits per heavy atom. The number of hydrogen-bond acceptors (Lipinski definition) is 3. The van der Waals surface area contributed by atoms with Gasteiger partial charge >= 0.3 is 0 Å². The third-order valence-electron chi connectivity index (χ3n) is 2.92. The number of nitrogens with two attached hydrogens (primary N) is 1. The Morgan fingerprint density at radius 1 is 1.21 bits per heavy atom. The van der Waals surface area contributed by atoms with Gasteiger partial charge in [0.15, 0.2) is 0 Å². The second kappa shape index (κ2) is 4.40. The van der Waals surface area contributed by atoms with E-state index in [2.05, 4.69) is 4.98 Å². The van der Waals surface area contributed by atoms with Crippen molar-refractivity contribution in [1.82, 2.24) is 9.55 Å². The quantitative estimate of drug-likeness (QED) is 0.692. The van der Waals surface area contributed by atoms with Gasteiger partial charge in [0.25, 0.3) is 5.91 Å². The summed E-state index contributed by atoms with van der Waals surface area (Å²) in [6, 6.07) is 12.3. The lowest BCUT2D eigenvalue weighted by molar-refractivity contribution is 0.0964. The first kappa shape index (κ1) is 11.7. The highest BCUT2D eigenvalue weighted by Gasteiger charge is 2.13. The maximum Gasteiger partial charge on any atom is 0.263 e. The van der Waals surface area contributed by atoms with Gasteiger partial charge in [-0.15, -0.1) is 0 Å². The van der Waals surface area contributed by atoms with Crippen LogP contribution in [-0.4, -0.2) is 15.5 Å². The van der Waals surface area contributed by atoms with Crippen LogP contribution in [0.25, 0.3) is 11.0 Å². The summed E-state index contributed by atoms with van der Waals surface area (Å²) in [5, 5.41) is 0.437. The van der Waals surface area contributed by atoms with E-state index < -0.39 is 0 Å². The molecule has 0 atom stereocenters. The van der Waals surface area contributed by atoms with E-state index in [-0.39, 0.29) is 5.91 Å². The molecule has 5 heteroatoms. The highest BCUT2D eigenvalue weighted by Crippen LogP contribution is 2.21. The number of carbonyl (C=O) groups excluding carboxylic acids is 1. The van der Waals surface area contributed by atoms with Crippen LogP contribution < -0.4 is 5.73 Å². The molecule has 0 fully saturated rings. The van der Waals surface area contributed by atoms with Gasteiger partial charge in [-0.05, 0) is 30.3 Å². The van der Waals surface area contributed by atoms with E-state index in [1.165, 1.54) is 10.9 Å². The average Bonchev–Trinajstić information content (AvgIpc) is 2.85. The van der Waals surface area contributed by atoms with Gasteiger partial charge in [0.2, 0.25) is 0 Å². The number of aromatic nitrogens is 2. The smallest absolute Gasteiger partial charge is 0.263 e. The third-order valence-corrected chi connectivity index (χ3v) is 3.26. The number of hydrogen-bond donors (Lipinski definition) is 1. The van der Waals surface area contributed by atoms with E-state index in [0.717, 1.165) is 11.0 Å². The standard InChI is InChI=1S/C14H10ClN3O/c15-10-6-5-9(7-11(10)16)14(19)18-8-17-12-3-1-2-4-13(12)18/h1-8H,16H2. The molecule has 0 saturated heterocycles. The number of nitrogens with zero attached hydrogens (tertiary/aromatic N) is 2. The Morgan fingerprint density at radius 2 is 2.00 bits per heavy atom. The van der Waals surface area contributed by atoms with E-state index in [0.29, 0.717) is 16.3 Å². The molecule has 19 heavy (non-hydrogen) atoms. The molecule has 0 spiro atoms. The van der Waals surface area contributed by atoms with Gasteiger partial charge in [-0.25, -0.2) is 4.98 Å². The molecule has 0 saturated carbocycles. The van der Waals surface area contributed by atoms with Crippen molar-refractivity contribution in [2.45, 2.75) is 0 Å². The summed E-state index contributed by atoms with van der Waals surface area (Å²) in [6.07, 6.45) is 1.51. The Labute approximate surface area is 114 Å². The molecule has 2 N–H and O–H groups in total.